The molecule has 2 aliphatic carbocycles. The molecule has 2 saturated carbocycles. The number of aromatic hydroxyl groups is 1. The van der Waals surface area contributed by atoms with Crippen molar-refractivity contribution in [3.8, 4) is 5.75 Å². The van der Waals surface area contributed by atoms with E-state index in [1.54, 1.807) is 4.90 Å². The van der Waals surface area contributed by atoms with Crippen molar-refractivity contribution in [3.63, 3.8) is 0 Å². The molecular weight excluding hydrogens is 321 g/mol. The fourth-order valence-corrected chi connectivity index (χ4v) is 3.00. The van der Waals surface area contributed by atoms with Crippen LogP contribution in [0.5, 0.6) is 5.75 Å². The maximum absolute atomic E-state index is 14.1. The molecule has 5 nitrogen and oxygen atoms in total. The van der Waals surface area contributed by atoms with E-state index in [0.717, 1.165) is 38.2 Å². The SMILES string of the molecule is N=C(/C=C(\N)C(=O)N(Cc1ccc(O)cc1F)CC1CCC1)C1CC1. The Hall–Kier alpha value is -2.37. The quantitative estimate of drug-likeness (QED) is 0.524. The van der Waals surface area contributed by atoms with Gasteiger partial charge in [-0.3, -0.25) is 4.79 Å². The second-order valence-corrected chi connectivity index (χ2v) is 7.09. The van der Waals surface area contributed by atoms with E-state index < -0.39 is 5.82 Å². The third-order valence-corrected chi connectivity index (χ3v) is 4.96. The molecule has 0 aromatic heterocycles. The van der Waals surface area contributed by atoms with E-state index in [1.165, 1.54) is 18.2 Å². The minimum absolute atomic E-state index is 0.0374. The molecule has 0 heterocycles. The van der Waals surface area contributed by atoms with Crippen molar-refractivity contribution in [1.29, 1.82) is 5.41 Å². The van der Waals surface area contributed by atoms with Gasteiger partial charge in [-0.1, -0.05) is 12.5 Å². The number of amides is 1. The first-order chi connectivity index (χ1) is 11.9. The predicted molar refractivity (Wildman–Crippen MR) is 93.5 cm³/mol. The Morgan fingerprint density at radius 2 is 2.08 bits per heavy atom. The molecule has 0 bridgehead atoms. The van der Waals surface area contributed by atoms with Crippen LogP contribution in [-0.2, 0) is 11.3 Å². The molecule has 1 aromatic rings. The Morgan fingerprint density at radius 3 is 2.64 bits per heavy atom. The summed E-state index contributed by atoms with van der Waals surface area (Å²) >= 11 is 0. The Morgan fingerprint density at radius 1 is 1.36 bits per heavy atom. The molecule has 0 atom stereocenters. The first-order valence-electron chi connectivity index (χ1n) is 8.76. The molecule has 0 aliphatic heterocycles. The number of nitrogens with two attached hydrogens (primary N) is 1. The van der Waals surface area contributed by atoms with E-state index >= 15 is 0 Å². The third kappa shape index (κ3) is 4.38. The highest BCUT2D eigenvalue weighted by atomic mass is 19.1. The average molecular weight is 345 g/mol. The van der Waals surface area contributed by atoms with E-state index in [0.29, 0.717) is 23.7 Å². The van der Waals surface area contributed by atoms with E-state index in [-0.39, 0.29) is 29.8 Å². The Bertz CT molecular complexity index is 709. The summed E-state index contributed by atoms with van der Waals surface area (Å²) in [4.78, 5) is 14.3. The van der Waals surface area contributed by atoms with Gasteiger partial charge in [0.15, 0.2) is 0 Å². The molecule has 0 radical (unpaired) electrons. The minimum atomic E-state index is -0.542. The number of rotatable bonds is 7. The van der Waals surface area contributed by atoms with Crippen molar-refractivity contribution in [2.45, 2.75) is 38.6 Å². The van der Waals surface area contributed by atoms with E-state index in [1.807, 2.05) is 0 Å². The van der Waals surface area contributed by atoms with Crippen LogP contribution < -0.4 is 5.73 Å². The smallest absolute Gasteiger partial charge is 0.270 e. The van der Waals surface area contributed by atoms with Crippen LogP contribution in [-0.4, -0.2) is 28.2 Å². The normalized spacial score (nSPS) is 17.9. The van der Waals surface area contributed by atoms with Gasteiger partial charge in [-0.15, -0.1) is 0 Å². The number of nitrogens with one attached hydrogen (secondary N) is 1. The Labute approximate surface area is 146 Å². The zero-order valence-electron chi connectivity index (χ0n) is 14.2. The molecule has 2 fully saturated rings. The lowest BCUT2D eigenvalue weighted by molar-refractivity contribution is -0.128. The van der Waals surface area contributed by atoms with E-state index in [4.69, 9.17) is 11.1 Å². The highest BCUT2D eigenvalue weighted by Gasteiger charge is 2.28. The predicted octanol–water partition coefficient (Wildman–Crippen LogP) is 2.93. The summed E-state index contributed by atoms with van der Waals surface area (Å²) in [5.74, 6) is -0.402. The number of hydrogen-bond acceptors (Lipinski definition) is 4. The molecule has 0 saturated heterocycles. The molecule has 1 aromatic carbocycles. The van der Waals surface area contributed by atoms with Crippen LogP contribution in [0.1, 0.15) is 37.7 Å². The Balaban J connectivity index is 1.75. The summed E-state index contributed by atoms with van der Waals surface area (Å²) in [7, 11) is 0. The highest BCUT2D eigenvalue weighted by Crippen LogP contribution is 2.31. The number of carbonyl (C=O) groups is 1. The van der Waals surface area contributed by atoms with Gasteiger partial charge in [-0.05, 0) is 43.7 Å². The molecule has 25 heavy (non-hydrogen) atoms. The molecule has 3 rings (SSSR count). The number of phenols is 1. The number of benzene rings is 1. The number of carbonyl (C=O) groups excluding carboxylic acids is 1. The van der Waals surface area contributed by atoms with Gasteiger partial charge in [-0.2, -0.15) is 0 Å². The van der Waals surface area contributed by atoms with Gasteiger partial charge in [0.2, 0.25) is 0 Å². The van der Waals surface area contributed by atoms with Gasteiger partial charge in [0, 0.05) is 36.3 Å². The number of hydrogen-bond donors (Lipinski definition) is 3. The summed E-state index contributed by atoms with van der Waals surface area (Å²) in [6.45, 7) is 0.636. The number of allylic oxidation sites excluding steroid dienone is 1. The lowest BCUT2D eigenvalue weighted by atomic mass is 9.85. The second-order valence-electron chi connectivity index (χ2n) is 7.09. The molecule has 0 unspecified atom stereocenters. The van der Waals surface area contributed by atoms with Gasteiger partial charge in [0.05, 0.1) is 5.70 Å². The fraction of sp³-hybridized carbons (Fsp3) is 0.474. The summed E-state index contributed by atoms with van der Waals surface area (Å²) in [6, 6.07) is 3.94. The molecule has 2 aliphatic rings. The lowest BCUT2D eigenvalue weighted by Gasteiger charge is -2.32. The van der Waals surface area contributed by atoms with Gasteiger partial charge >= 0.3 is 0 Å². The molecule has 6 heteroatoms. The summed E-state index contributed by atoms with van der Waals surface area (Å²) in [5, 5.41) is 17.3. The van der Waals surface area contributed by atoms with Crippen LogP contribution in [0.4, 0.5) is 4.39 Å². The van der Waals surface area contributed by atoms with E-state index in [2.05, 4.69) is 0 Å². The van der Waals surface area contributed by atoms with Gasteiger partial charge < -0.3 is 21.1 Å². The first-order valence-corrected chi connectivity index (χ1v) is 8.76. The van der Waals surface area contributed by atoms with Crippen molar-refractivity contribution in [1.82, 2.24) is 4.90 Å². The van der Waals surface area contributed by atoms with E-state index in [9.17, 15) is 14.3 Å². The number of phenolic OH excluding ortho intramolecular Hbond substituents is 1. The van der Waals surface area contributed by atoms with Crippen molar-refractivity contribution < 1.29 is 14.3 Å². The molecular formula is C19H24FN3O2. The first kappa shape index (κ1) is 17.5. The topological polar surface area (TPSA) is 90.4 Å². The molecule has 4 N–H and O–H groups in total. The van der Waals surface area contributed by atoms with Crippen LogP contribution in [0, 0.1) is 23.1 Å². The van der Waals surface area contributed by atoms with Crippen LogP contribution in [0.25, 0.3) is 0 Å². The maximum atomic E-state index is 14.1. The fourth-order valence-electron chi connectivity index (χ4n) is 3.00. The second kappa shape index (κ2) is 7.25. The summed E-state index contributed by atoms with van der Waals surface area (Å²) < 4.78 is 14.1. The van der Waals surface area contributed by atoms with Crippen LogP contribution in [0.2, 0.25) is 0 Å². The third-order valence-electron chi connectivity index (χ3n) is 4.96. The molecule has 134 valence electrons. The zero-order valence-corrected chi connectivity index (χ0v) is 14.2. The molecule has 1 amide bonds. The minimum Gasteiger partial charge on any atom is -0.508 e. The van der Waals surface area contributed by atoms with Crippen molar-refractivity contribution in [3.05, 3.63) is 41.4 Å². The van der Waals surface area contributed by atoms with Crippen molar-refractivity contribution in [2.75, 3.05) is 6.54 Å². The standard InChI is InChI=1S/C19H24FN3O2/c20-16-8-15(24)7-6-14(16)11-23(10-12-2-1-3-12)19(25)18(22)9-17(21)13-4-5-13/h6-9,12-13,21,24H,1-5,10-11,22H2/b18-9-,21-17?. The van der Waals surface area contributed by atoms with Crippen LogP contribution in [0.3, 0.4) is 0 Å². The lowest BCUT2D eigenvalue weighted by Crippen LogP contribution is -2.39. The zero-order chi connectivity index (χ0) is 18.0. The van der Waals surface area contributed by atoms with Crippen molar-refractivity contribution >= 4 is 11.6 Å². The monoisotopic (exact) mass is 345 g/mol. The largest absolute Gasteiger partial charge is 0.508 e. The number of nitrogens with zero attached hydrogens (tertiary/aromatic N) is 1. The average Bonchev–Trinajstić information content (AvgIpc) is 3.35. The van der Waals surface area contributed by atoms with Gasteiger partial charge in [0.25, 0.3) is 5.91 Å². The van der Waals surface area contributed by atoms with Gasteiger partial charge in [-0.25, -0.2) is 4.39 Å². The summed E-state index contributed by atoms with van der Waals surface area (Å²) in [6.07, 6.45) is 6.66. The highest BCUT2D eigenvalue weighted by molar-refractivity contribution is 6.03. The number of halogens is 1. The Kier molecular flexibility index (Phi) is 5.06. The van der Waals surface area contributed by atoms with Gasteiger partial charge in [0.1, 0.15) is 11.6 Å². The van der Waals surface area contributed by atoms with Crippen LogP contribution >= 0.6 is 0 Å². The molecule has 0 spiro atoms. The van der Waals surface area contributed by atoms with Crippen molar-refractivity contribution in [2.24, 2.45) is 17.6 Å². The van der Waals surface area contributed by atoms with Crippen LogP contribution in [0.15, 0.2) is 30.0 Å². The maximum Gasteiger partial charge on any atom is 0.270 e. The summed E-state index contributed by atoms with van der Waals surface area (Å²) in [5.41, 5.74) is 6.71.